The normalized spacial score (nSPS) is 49.1. The SMILES string of the molecule is CCN1C[C@]2(COC)[C@H](O)C[C@H](OC)[C@@]34[C@@H]5C[C@]6(O)[C@H](OC(=O)c7ccccc7)[C@@H]5[C@](OC(C)=O)(C[C@H]6OC)[C@@H]([C@@H](OC)[C@H]23)[C@@H]14. The number of piperidine rings is 1. The Morgan fingerprint density at radius 1 is 1.00 bits per heavy atom. The van der Waals surface area contributed by atoms with Crippen LogP contribution in [0.3, 0.4) is 0 Å². The van der Waals surface area contributed by atoms with Crippen LogP contribution in [0.1, 0.15) is 43.5 Å². The number of hydrogen-bond donors (Lipinski definition) is 2. The number of aliphatic hydroxyl groups is 2. The summed E-state index contributed by atoms with van der Waals surface area (Å²) in [6.45, 7) is 5.08. The summed E-state index contributed by atoms with van der Waals surface area (Å²) in [7, 11) is 6.58. The molecule has 2 N–H and O–H groups in total. The lowest BCUT2D eigenvalue weighted by Gasteiger charge is -2.70. The number of carbonyl (C=O) groups excluding carboxylic acids is 2. The number of likely N-dealkylation sites (tertiary alicyclic amines) is 1. The van der Waals surface area contributed by atoms with Crippen molar-refractivity contribution in [2.45, 2.75) is 80.9 Å². The second-order valence-corrected chi connectivity index (χ2v) is 14.4. The molecule has 6 aliphatic rings. The molecule has 1 heterocycles. The van der Waals surface area contributed by atoms with Gasteiger partial charge in [0.2, 0.25) is 0 Å². The van der Waals surface area contributed by atoms with Crippen molar-refractivity contribution in [2.24, 2.45) is 34.5 Å². The fourth-order valence-electron chi connectivity index (χ4n) is 12.2. The van der Waals surface area contributed by atoms with E-state index in [9.17, 15) is 19.8 Å². The first-order chi connectivity index (χ1) is 21.5. The van der Waals surface area contributed by atoms with Crippen LogP contribution in [0.2, 0.25) is 0 Å². The van der Waals surface area contributed by atoms with Gasteiger partial charge in [0.25, 0.3) is 0 Å². The molecular weight excluding hydrogens is 582 g/mol. The Morgan fingerprint density at radius 2 is 1.71 bits per heavy atom. The third kappa shape index (κ3) is 3.72. The van der Waals surface area contributed by atoms with Crippen LogP contribution in [0, 0.1) is 34.5 Å². The number of hydrogen-bond acceptors (Lipinski definition) is 11. The van der Waals surface area contributed by atoms with Gasteiger partial charge in [-0.25, -0.2) is 4.79 Å². The summed E-state index contributed by atoms with van der Waals surface area (Å²) in [6, 6.07) is 8.56. The van der Waals surface area contributed by atoms with E-state index in [-0.39, 0.29) is 30.7 Å². The number of nitrogens with zero attached hydrogens (tertiary/aromatic N) is 1. The van der Waals surface area contributed by atoms with Crippen LogP contribution in [0.5, 0.6) is 0 Å². The molecule has 11 nitrogen and oxygen atoms in total. The van der Waals surface area contributed by atoms with Crippen LogP contribution in [0.15, 0.2) is 30.3 Å². The third-order valence-electron chi connectivity index (χ3n) is 13.1. The summed E-state index contributed by atoms with van der Waals surface area (Å²) >= 11 is 0. The Morgan fingerprint density at radius 3 is 2.31 bits per heavy atom. The molecule has 0 amide bonds. The molecule has 0 unspecified atom stereocenters. The molecule has 1 aliphatic heterocycles. The maximum Gasteiger partial charge on any atom is 0.338 e. The van der Waals surface area contributed by atoms with Gasteiger partial charge in [-0.15, -0.1) is 0 Å². The Kier molecular flexibility index (Phi) is 7.48. The molecule has 0 aromatic heterocycles. The zero-order chi connectivity index (χ0) is 32.1. The number of methoxy groups -OCH3 is 4. The second-order valence-electron chi connectivity index (χ2n) is 14.4. The zero-order valence-electron chi connectivity index (χ0n) is 27.0. The lowest BCUT2D eigenvalue weighted by molar-refractivity contribution is -0.300. The van der Waals surface area contributed by atoms with Crippen LogP contribution in [-0.4, -0.2) is 123 Å². The third-order valence-corrected chi connectivity index (χ3v) is 13.1. The van der Waals surface area contributed by atoms with Gasteiger partial charge in [0.1, 0.15) is 17.3 Å². The van der Waals surface area contributed by atoms with Crippen molar-refractivity contribution in [1.29, 1.82) is 0 Å². The molecule has 0 radical (unpaired) electrons. The average molecular weight is 630 g/mol. The number of benzene rings is 1. The molecular formula is C34H47NO10. The van der Waals surface area contributed by atoms with Gasteiger partial charge >= 0.3 is 11.9 Å². The van der Waals surface area contributed by atoms with Crippen molar-refractivity contribution >= 4 is 11.9 Å². The minimum absolute atomic E-state index is 0.163. The Bertz CT molecular complexity index is 1330. The van der Waals surface area contributed by atoms with E-state index in [1.54, 1.807) is 52.7 Å². The molecule has 6 fully saturated rings. The minimum atomic E-state index is -1.55. The van der Waals surface area contributed by atoms with E-state index in [0.717, 1.165) is 0 Å². The smallest absolute Gasteiger partial charge is 0.338 e. The Labute approximate surface area is 264 Å². The van der Waals surface area contributed by atoms with Crippen molar-refractivity contribution < 1.29 is 48.2 Å². The van der Waals surface area contributed by atoms with Gasteiger partial charge in [-0.05, 0) is 31.0 Å². The predicted octanol–water partition coefficient (Wildman–Crippen LogP) is 1.68. The summed E-state index contributed by atoms with van der Waals surface area (Å²) in [5.41, 5.74) is -3.74. The zero-order valence-corrected chi connectivity index (χ0v) is 27.0. The molecule has 1 saturated heterocycles. The first-order valence-corrected chi connectivity index (χ1v) is 16.2. The minimum Gasteiger partial charge on any atom is -0.458 e. The molecule has 7 rings (SSSR count). The van der Waals surface area contributed by atoms with Crippen LogP contribution in [0.25, 0.3) is 0 Å². The monoisotopic (exact) mass is 629 g/mol. The van der Waals surface area contributed by atoms with Crippen molar-refractivity contribution in [2.75, 3.05) is 48.1 Å². The highest BCUT2D eigenvalue weighted by molar-refractivity contribution is 5.89. The number of fused-ring (bicyclic) bond motifs is 2. The molecule has 1 aromatic carbocycles. The molecule has 45 heavy (non-hydrogen) atoms. The van der Waals surface area contributed by atoms with Gasteiger partial charge in [0.05, 0.1) is 36.6 Å². The quantitative estimate of drug-likeness (QED) is 0.387. The predicted molar refractivity (Wildman–Crippen MR) is 159 cm³/mol. The van der Waals surface area contributed by atoms with Crippen molar-refractivity contribution in [3.8, 4) is 0 Å². The lowest BCUT2D eigenvalue weighted by Crippen LogP contribution is -2.79. The number of carbonyl (C=O) groups is 2. The number of ether oxygens (including phenoxy) is 6. The average Bonchev–Trinajstić information content (AvgIpc) is 3.40. The summed E-state index contributed by atoms with van der Waals surface area (Å²) in [4.78, 5) is 29.3. The lowest BCUT2D eigenvalue weighted by atomic mass is 9.42. The Balaban J connectivity index is 1.50. The van der Waals surface area contributed by atoms with Crippen LogP contribution in [0.4, 0.5) is 0 Å². The van der Waals surface area contributed by atoms with Crippen LogP contribution < -0.4 is 0 Å². The van der Waals surface area contributed by atoms with E-state index in [1.807, 2.05) is 6.07 Å². The number of aliphatic hydroxyl groups excluding tert-OH is 1. The van der Waals surface area contributed by atoms with E-state index in [0.29, 0.717) is 31.7 Å². The molecule has 11 heteroatoms. The first kappa shape index (κ1) is 31.5. The summed E-state index contributed by atoms with van der Waals surface area (Å²) in [5.74, 6) is -2.55. The fourth-order valence-corrected chi connectivity index (χ4v) is 12.2. The van der Waals surface area contributed by atoms with Gasteiger partial charge in [0.15, 0.2) is 0 Å². The van der Waals surface area contributed by atoms with Gasteiger partial charge in [-0.3, -0.25) is 9.69 Å². The fraction of sp³-hybridized carbons (Fsp3) is 0.765. The highest BCUT2D eigenvalue weighted by atomic mass is 16.6. The standard InChI is InChI=1S/C34H47NO10/c1-7-35-16-31(17-40-3)21(37)13-22(41-4)34-20-14-32(39)23(42-5)15-33(45-18(2)36,25(28(34)35)26(43-6)27(31)34)24(20)29(32)44-30(38)19-11-9-8-10-12-19/h8-12,20-29,37,39H,7,13-17H2,1-6H3/t20-,21-,22+,23-,24-,25+,26-,27-,28-,29-,31+,32-,33-,34+/m1/s1. The van der Waals surface area contributed by atoms with E-state index in [4.69, 9.17) is 28.4 Å². The molecule has 5 saturated carbocycles. The van der Waals surface area contributed by atoms with Crippen molar-refractivity contribution in [3.63, 3.8) is 0 Å². The summed E-state index contributed by atoms with van der Waals surface area (Å²) in [5, 5.41) is 24.8. The topological polar surface area (TPSA) is 133 Å². The van der Waals surface area contributed by atoms with E-state index >= 15 is 0 Å². The maximum absolute atomic E-state index is 13.7. The molecule has 248 valence electrons. The molecule has 14 atom stereocenters. The largest absolute Gasteiger partial charge is 0.458 e. The van der Waals surface area contributed by atoms with Gasteiger partial charge in [0, 0.05) is 89.4 Å². The van der Waals surface area contributed by atoms with Crippen LogP contribution in [-0.2, 0) is 33.2 Å². The molecule has 7 bridgehead atoms. The highest BCUT2D eigenvalue weighted by Gasteiger charge is 2.90. The van der Waals surface area contributed by atoms with Gasteiger partial charge < -0.3 is 38.6 Å². The molecule has 1 aromatic rings. The maximum atomic E-state index is 13.7. The number of esters is 2. The first-order valence-electron chi connectivity index (χ1n) is 16.2. The van der Waals surface area contributed by atoms with E-state index in [1.165, 1.54) is 6.92 Å². The van der Waals surface area contributed by atoms with Gasteiger partial charge in [-0.1, -0.05) is 25.1 Å². The second kappa shape index (κ2) is 10.7. The van der Waals surface area contributed by atoms with Crippen LogP contribution >= 0.6 is 0 Å². The summed E-state index contributed by atoms with van der Waals surface area (Å²) < 4.78 is 37.9. The van der Waals surface area contributed by atoms with Gasteiger partial charge in [-0.2, -0.15) is 0 Å². The molecule has 1 spiro atoms. The van der Waals surface area contributed by atoms with E-state index in [2.05, 4.69) is 11.8 Å². The van der Waals surface area contributed by atoms with Crippen molar-refractivity contribution in [1.82, 2.24) is 4.90 Å². The highest BCUT2D eigenvalue weighted by Crippen LogP contribution is 2.80. The molecule has 5 aliphatic carbocycles. The Hall–Kier alpha value is -2.12. The summed E-state index contributed by atoms with van der Waals surface area (Å²) in [6.07, 6.45) is -2.55. The van der Waals surface area contributed by atoms with E-state index < -0.39 is 76.3 Å². The van der Waals surface area contributed by atoms with Crippen molar-refractivity contribution in [3.05, 3.63) is 35.9 Å². The number of rotatable bonds is 9.